The maximum absolute atomic E-state index is 5.71. The molecule has 3 heteroatoms. The third kappa shape index (κ3) is 3.43. The molecule has 3 nitrogen and oxygen atoms in total. The first-order valence-corrected chi connectivity index (χ1v) is 7.31. The molecule has 1 saturated heterocycles. The molecular formula is C14H28N2O. The number of nitrogens with zero attached hydrogens (tertiary/aromatic N) is 1. The molecule has 4 atom stereocenters. The van der Waals surface area contributed by atoms with E-state index in [0.717, 1.165) is 25.2 Å². The Hall–Kier alpha value is -0.120. The number of ether oxygens (including phenoxy) is 1. The number of morpholine rings is 1. The lowest BCUT2D eigenvalue weighted by Crippen LogP contribution is -2.51. The molecule has 0 radical (unpaired) electrons. The van der Waals surface area contributed by atoms with Crippen molar-refractivity contribution in [1.82, 2.24) is 10.2 Å². The van der Waals surface area contributed by atoms with Crippen molar-refractivity contribution in [2.24, 2.45) is 0 Å². The van der Waals surface area contributed by atoms with Gasteiger partial charge in [-0.25, -0.2) is 0 Å². The average molecular weight is 240 g/mol. The number of hydrogen-bond donors (Lipinski definition) is 1. The molecule has 0 aromatic carbocycles. The van der Waals surface area contributed by atoms with Gasteiger partial charge in [0, 0.05) is 24.7 Å². The summed E-state index contributed by atoms with van der Waals surface area (Å²) in [6.45, 7) is 9.94. The minimum absolute atomic E-state index is 0.411. The molecule has 1 heterocycles. The lowest BCUT2D eigenvalue weighted by atomic mass is 10.1. The highest BCUT2D eigenvalue weighted by Crippen LogP contribution is 2.27. The SMILES string of the molecule is CCCNC1CCC(N2CC(C)OCC2C)C1. The van der Waals surface area contributed by atoms with E-state index in [1.54, 1.807) is 0 Å². The lowest BCUT2D eigenvalue weighted by molar-refractivity contribution is -0.0652. The van der Waals surface area contributed by atoms with E-state index in [4.69, 9.17) is 4.74 Å². The summed E-state index contributed by atoms with van der Waals surface area (Å²) in [4.78, 5) is 2.68. The van der Waals surface area contributed by atoms with Gasteiger partial charge in [0.25, 0.3) is 0 Å². The fourth-order valence-corrected chi connectivity index (χ4v) is 3.23. The van der Waals surface area contributed by atoms with Crippen molar-refractivity contribution in [1.29, 1.82) is 0 Å². The first kappa shape index (κ1) is 13.3. The van der Waals surface area contributed by atoms with Crippen LogP contribution in [0.5, 0.6) is 0 Å². The Morgan fingerprint density at radius 2 is 2.12 bits per heavy atom. The number of rotatable bonds is 4. The second-order valence-corrected chi connectivity index (χ2v) is 5.81. The van der Waals surface area contributed by atoms with Crippen molar-refractivity contribution in [2.45, 2.75) is 70.7 Å². The summed E-state index contributed by atoms with van der Waals surface area (Å²) in [5.41, 5.74) is 0. The van der Waals surface area contributed by atoms with E-state index in [9.17, 15) is 0 Å². The summed E-state index contributed by atoms with van der Waals surface area (Å²) in [5, 5.41) is 3.67. The Morgan fingerprint density at radius 3 is 2.88 bits per heavy atom. The van der Waals surface area contributed by atoms with Crippen molar-refractivity contribution in [3.8, 4) is 0 Å². The third-order valence-corrected chi connectivity index (χ3v) is 4.21. The summed E-state index contributed by atoms with van der Waals surface area (Å²) in [6, 6.07) is 2.14. The maximum atomic E-state index is 5.71. The number of hydrogen-bond acceptors (Lipinski definition) is 3. The van der Waals surface area contributed by atoms with Crippen LogP contribution in [0.2, 0.25) is 0 Å². The predicted molar refractivity (Wildman–Crippen MR) is 71.3 cm³/mol. The van der Waals surface area contributed by atoms with Gasteiger partial charge in [0.05, 0.1) is 12.7 Å². The number of nitrogens with one attached hydrogen (secondary N) is 1. The van der Waals surface area contributed by atoms with Crippen LogP contribution in [0.4, 0.5) is 0 Å². The summed E-state index contributed by atoms with van der Waals surface area (Å²) in [6.07, 6.45) is 5.69. The van der Waals surface area contributed by atoms with E-state index in [-0.39, 0.29) is 0 Å². The van der Waals surface area contributed by atoms with Crippen LogP contribution in [0.1, 0.15) is 46.5 Å². The quantitative estimate of drug-likeness (QED) is 0.813. The van der Waals surface area contributed by atoms with Crippen molar-refractivity contribution < 1.29 is 4.74 Å². The van der Waals surface area contributed by atoms with Crippen LogP contribution in [-0.4, -0.2) is 48.8 Å². The lowest BCUT2D eigenvalue weighted by Gasteiger charge is -2.40. The van der Waals surface area contributed by atoms with E-state index in [1.165, 1.54) is 32.2 Å². The minimum atomic E-state index is 0.411. The zero-order chi connectivity index (χ0) is 12.3. The highest BCUT2D eigenvalue weighted by atomic mass is 16.5. The molecule has 0 bridgehead atoms. The van der Waals surface area contributed by atoms with Crippen molar-refractivity contribution in [3.05, 3.63) is 0 Å². The molecule has 0 spiro atoms. The first-order valence-electron chi connectivity index (χ1n) is 7.31. The van der Waals surface area contributed by atoms with Crippen molar-refractivity contribution >= 4 is 0 Å². The third-order valence-electron chi connectivity index (χ3n) is 4.21. The van der Waals surface area contributed by atoms with E-state index < -0.39 is 0 Å². The summed E-state index contributed by atoms with van der Waals surface area (Å²) in [7, 11) is 0. The van der Waals surface area contributed by atoms with Gasteiger partial charge < -0.3 is 10.1 Å². The summed E-state index contributed by atoms with van der Waals surface area (Å²) < 4.78 is 5.71. The van der Waals surface area contributed by atoms with Gasteiger partial charge in [0.2, 0.25) is 0 Å². The molecule has 1 aliphatic heterocycles. The van der Waals surface area contributed by atoms with E-state index in [2.05, 4.69) is 31.0 Å². The summed E-state index contributed by atoms with van der Waals surface area (Å²) >= 11 is 0. The van der Waals surface area contributed by atoms with Gasteiger partial charge in [0.1, 0.15) is 0 Å². The Labute approximate surface area is 106 Å². The normalized spacial score (nSPS) is 39.7. The molecule has 2 aliphatic rings. The minimum Gasteiger partial charge on any atom is -0.376 e. The molecule has 0 aromatic heterocycles. The molecule has 100 valence electrons. The smallest absolute Gasteiger partial charge is 0.0674 e. The van der Waals surface area contributed by atoms with E-state index in [1.807, 2.05) is 0 Å². The maximum Gasteiger partial charge on any atom is 0.0674 e. The van der Waals surface area contributed by atoms with Gasteiger partial charge in [-0.05, 0) is 46.1 Å². The molecule has 17 heavy (non-hydrogen) atoms. The second kappa shape index (κ2) is 6.17. The van der Waals surface area contributed by atoms with E-state index >= 15 is 0 Å². The summed E-state index contributed by atoms with van der Waals surface area (Å²) in [5.74, 6) is 0. The van der Waals surface area contributed by atoms with Crippen LogP contribution >= 0.6 is 0 Å². The van der Waals surface area contributed by atoms with Crippen LogP contribution in [0, 0.1) is 0 Å². The molecule has 0 aromatic rings. The Kier molecular flexibility index (Phi) is 4.83. The first-order chi connectivity index (χ1) is 8.20. The predicted octanol–water partition coefficient (Wildman–Crippen LogP) is 2.02. The van der Waals surface area contributed by atoms with Gasteiger partial charge in [-0.2, -0.15) is 0 Å². The molecule has 2 rings (SSSR count). The molecule has 0 amide bonds. The largest absolute Gasteiger partial charge is 0.376 e. The van der Waals surface area contributed by atoms with Gasteiger partial charge in [-0.1, -0.05) is 6.92 Å². The molecule has 1 saturated carbocycles. The van der Waals surface area contributed by atoms with Crippen molar-refractivity contribution in [2.75, 3.05) is 19.7 Å². The van der Waals surface area contributed by atoms with Gasteiger partial charge in [0.15, 0.2) is 0 Å². The zero-order valence-electron chi connectivity index (χ0n) is 11.6. The molecule has 2 fully saturated rings. The fourth-order valence-electron chi connectivity index (χ4n) is 3.23. The Morgan fingerprint density at radius 1 is 1.29 bits per heavy atom. The van der Waals surface area contributed by atoms with Crippen LogP contribution in [0.3, 0.4) is 0 Å². The second-order valence-electron chi connectivity index (χ2n) is 5.81. The van der Waals surface area contributed by atoms with Gasteiger partial charge in [-0.15, -0.1) is 0 Å². The topological polar surface area (TPSA) is 24.5 Å². The van der Waals surface area contributed by atoms with Gasteiger partial charge >= 0.3 is 0 Å². The monoisotopic (exact) mass is 240 g/mol. The van der Waals surface area contributed by atoms with E-state index in [0.29, 0.717) is 12.1 Å². The molecular weight excluding hydrogens is 212 g/mol. The fraction of sp³-hybridized carbons (Fsp3) is 1.00. The highest BCUT2D eigenvalue weighted by molar-refractivity contribution is 4.90. The Bertz CT molecular complexity index is 234. The zero-order valence-corrected chi connectivity index (χ0v) is 11.6. The average Bonchev–Trinajstić information content (AvgIpc) is 2.78. The standard InChI is InChI=1S/C14H28N2O/c1-4-7-15-13-5-6-14(8-13)16-9-12(3)17-10-11(16)2/h11-15H,4-10H2,1-3H3. The van der Waals surface area contributed by atoms with Crippen LogP contribution < -0.4 is 5.32 Å². The van der Waals surface area contributed by atoms with Crippen LogP contribution in [0.15, 0.2) is 0 Å². The Balaban J connectivity index is 1.82. The van der Waals surface area contributed by atoms with Gasteiger partial charge in [-0.3, -0.25) is 4.90 Å². The van der Waals surface area contributed by atoms with Crippen molar-refractivity contribution in [3.63, 3.8) is 0 Å². The molecule has 4 unspecified atom stereocenters. The highest BCUT2D eigenvalue weighted by Gasteiger charge is 2.34. The molecule has 1 aliphatic carbocycles. The van der Waals surface area contributed by atoms with Crippen LogP contribution in [-0.2, 0) is 4.74 Å². The van der Waals surface area contributed by atoms with Crippen LogP contribution in [0.25, 0.3) is 0 Å². The molecule has 1 N–H and O–H groups in total.